The number of nitrogens with zero attached hydrogens (tertiary/aromatic N) is 1. The van der Waals surface area contributed by atoms with Crippen LogP contribution in [0, 0.1) is 0 Å². The van der Waals surface area contributed by atoms with Crippen molar-refractivity contribution in [1.82, 2.24) is 10.2 Å². The smallest absolute Gasteiger partial charge is 0.237 e. The van der Waals surface area contributed by atoms with E-state index in [-0.39, 0.29) is 18.6 Å². The number of nitrogens with one attached hydrogen (secondary N) is 1. The number of methoxy groups -OCH3 is 1. The number of amides is 1. The van der Waals surface area contributed by atoms with Gasteiger partial charge in [-0.15, -0.1) is 0 Å². The Balaban J connectivity index is 3.90. The van der Waals surface area contributed by atoms with Gasteiger partial charge in [-0.1, -0.05) is 6.92 Å². The Morgan fingerprint density at radius 2 is 2.18 bits per heavy atom. The van der Waals surface area contributed by atoms with Crippen molar-refractivity contribution in [3.8, 4) is 0 Å². The Bertz CT molecular complexity index is 200. The van der Waals surface area contributed by atoms with Gasteiger partial charge in [0.25, 0.3) is 0 Å². The minimum Gasteiger partial charge on any atom is -0.396 e. The van der Waals surface area contributed by atoms with Crippen molar-refractivity contribution in [2.24, 2.45) is 0 Å². The van der Waals surface area contributed by atoms with Gasteiger partial charge in [0, 0.05) is 33.4 Å². The van der Waals surface area contributed by atoms with Crippen LogP contribution < -0.4 is 5.32 Å². The monoisotopic (exact) mass is 246 g/mol. The average Bonchev–Trinajstić information content (AvgIpc) is 2.35. The lowest BCUT2D eigenvalue weighted by Gasteiger charge is -2.26. The standard InChI is InChI=1S/C12H26N2O3/c1-4-14(8-6-9-15)11(2)12(16)13-7-5-10-17-3/h11,15H,4-10H2,1-3H3,(H,13,16). The van der Waals surface area contributed by atoms with Crippen molar-refractivity contribution in [2.75, 3.05) is 40.0 Å². The summed E-state index contributed by atoms with van der Waals surface area (Å²) in [7, 11) is 1.65. The molecular formula is C12H26N2O3. The minimum absolute atomic E-state index is 0.0425. The molecule has 102 valence electrons. The first-order valence-corrected chi connectivity index (χ1v) is 6.28. The van der Waals surface area contributed by atoms with Crippen LogP contribution >= 0.6 is 0 Å². The van der Waals surface area contributed by atoms with Crippen molar-refractivity contribution in [3.05, 3.63) is 0 Å². The first-order valence-electron chi connectivity index (χ1n) is 6.28. The molecule has 5 nitrogen and oxygen atoms in total. The highest BCUT2D eigenvalue weighted by Crippen LogP contribution is 2.00. The lowest BCUT2D eigenvalue weighted by Crippen LogP contribution is -2.45. The molecule has 1 atom stereocenters. The van der Waals surface area contributed by atoms with Gasteiger partial charge in [0.05, 0.1) is 6.04 Å². The SMILES string of the molecule is CCN(CCCO)C(C)C(=O)NCCCOC. The summed E-state index contributed by atoms with van der Waals surface area (Å²) >= 11 is 0. The fourth-order valence-electron chi connectivity index (χ4n) is 1.64. The molecule has 0 aliphatic rings. The molecule has 0 rings (SSSR count). The van der Waals surface area contributed by atoms with Crippen LogP contribution in [0.25, 0.3) is 0 Å². The quantitative estimate of drug-likeness (QED) is 0.542. The molecule has 0 radical (unpaired) electrons. The Hall–Kier alpha value is -0.650. The van der Waals surface area contributed by atoms with Gasteiger partial charge in [0.1, 0.15) is 0 Å². The Labute approximate surface area is 104 Å². The van der Waals surface area contributed by atoms with E-state index < -0.39 is 0 Å². The minimum atomic E-state index is -0.144. The Morgan fingerprint density at radius 3 is 2.71 bits per heavy atom. The third-order valence-electron chi connectivity index (χ3n) is 2.76. The van der Waals surface area contributed by atoms with Crippen molar-refractivity contribution in [1.29, 1.82) is 0 Å². The van der Waals surface area contributed by atoms with E-state index in [1.807, 2.05) is 13.8 Å². The molecule has 0 aromatic carbocycles. The molecule has 0 aromatic heterocycles. The molecule has 0 aliphatic heterocycles. The van der Waals surface area contributed by atoms with Crippen LogP contribution in [0.15, 0.2) is 0 Å². The average molecular weight is 246 g/mol. The second-order valence-corrected chi connectivity index (χ2v) is 4.02. The van der Waals surface area contributed by atoms with Gasteiger partial charge >= 0.3 is 0 Å². The predicted octanol–water partition coefficient (Wildman–Crippen LogP) is 0.232. The molecule has 0 saturated heterocycles. The number of hydrogen-bond donors (Lipinski definition) is 2. The van der Waals surface area contributed by atoms with Crippen molar-refractivity contribution < 1.29 is 14.6 Å². The molecule has 0 bridgehead atoms. The molecule has 0 heterocycles. The van der Waals surface area contributed by atoms with Gasteiger partial charge in [-0.05, 0) is 26.3 Å². The van der Waals surface area contributed by atoms with Gasteiger partial charge in [0.2, 0.25) is 5.91 Å². The maximum atomic E-state index is 11.8. The number of aliphatic hydroxyl groups excluding tert-OH is 1. The van der Waals surface area contributed by atoms with E-state index in [2.05, 4.69) is 10.2 Å². The third kappa shape index (κ3) is 7.31. The number of carbonyl (C=O) groups is 1. The molecule has 0 aromatic rings. The topological polar surface area (TPSA) is 61.8 Å². The zero-order valence-electron chi connectivity index (χ0n) is 11.2. The predicted molar refractivity (Wildman–Crippen MR) is 67.9 cm³/mol. The van der Waals surface area contributed by atoms with Crippen molar-refractivity contribution >= 4 is 5.91 Å². The summed E-state index contributed by atoms with van der Waals surface area (Å²) in [5.74, 6) is 0.0425. The molecule has 2 N–H and O–H groups in total. The van der Waals surface area contributed by atoms with Gasteiger partial charge in [0.15, 0.2) is 0 Å². The van der Waals surface area contributed by atoms with Crippen LogP contribution in [0.1, 0.15) is 26.7 Å². The highest BCUT2D eigenvalue weighted by atomic mass is 16.5. The van der Waals surface area contributed by atoms with Crippen LogP contribution in [0.3, 0.4) is 0 Å². The Kier molecular flexibility index (Phi) is 10.1. The number of likely N-dealkylation sites (N-methyl/N-ethyl adjacent to an activating group) is 1. The zero-order chi connectivity index (χ0) is 13.1. The van der Waals surface area contributed by atoms with Crippen LogP contribution in [-0.4, -0.2) is 61.9 Å². The highest BCUT2D eigenvalue weighted by molar-refractivity contribution is 5.81. The second kappa shape index (κ2) is 10.5. The fourth-order valence-corrected chi connectivity index (χ4v) is 1.64. The summed E-state index contributed by atoms with van der Waals surface area (Å²) < 4.78 is 4.92. The number of carbonyl (C=O) groups excluding carboxylic acids is 1. The van der Waals surface area contributed by atoms with Gasteiger partial charge in [-0.3, -0.25) is 9.69 Å². The molecule has 17 heavy (non-hydrogen) atoms. The van der Waals surface area contributed by atoms with Crippen molar-refractivity contribution in [3.63, 3.8) is 0 Å². The largest absolute Gasteiger partial charge is 0.396 e. The van der Waals surface area contributed by atoms with E-state index >= 15 is 0 Å². The molecule has 0 saturated carbocycles. The normalized spacial score (nSPS) is 12.8. The number of rotatable bonds is 10. The summed E-state index contributed by atoms with van der Waals surface area (Å²) in [5.41, 5.74) is 0. The van der Waals surface area contributed by atoms with Gasteiger partial charge in [-0.25, -0.2) is 0 Å². The summed E-state index contributed by atoms with van der Waals surface area (Å²) in [6.07, 6.45) is 1.53. The molecule has 0 spiro atoms. The molecule has 5 heteroatoms. The molecule has 1 unspecified atom stereocenters. The van der Waals surface area contributed by atoms with E-state index in [9.17, 15) is 4.79 Å². The van der Waals surface area contributed by atoms with E-state index in [0.29, 0.717) is 19.6 Å². The number of ether oxygens (including phenoxy) is 1. The van der Waals surface area contributed by atoms with E-state index in [4.69, 9.17) is 9.84 Å². The number of hydrogen-bond acceptors (Lipinski definition) is 4. The Morgan fingerprint density at radius 1 is 1.47 bits per heavy atom. The molecule has 1 amide bonds. The summed E-state index contributed by atoms with van der Waals surface area (Å²) in [6.45, 7) is 6.95. The van der Waals surface area contributed by atoms with E-state index in [1.165, 1.54) is 0 Å². The maximum absolute atomic E-state index is 11.8. The summed E-state index contributed by atoms with van der Waals surface area (Å²) in [6, 6.07) is -0.144. The molecular weight excluding hydrogens is 220 g/mol. The van der Waals surface area contributed by atoms with Crippen LogP contribution in [0.5, 0.6) is 0 Å². The lowest BCUT2D eigenvalue weighted by atomic mass is 10.2. The highest BCUT2D eigenvalue weighted by Gasteiger charge is 2.18. The second-order valence-electron chi connectivity index (χ2n) is 4.02. The van der Waals surface area contributed by atoms with E-state index in [1.54, 1.807) is 7.11 Å². The van der Waals surface area contributed by atoms with Crippen molar-refractivity contribution in [2.45, 2.75) is 32.7 Å². The van der Waals surface area contributed by atoms with Crippen LogP contribution in [-0.2, 0) is 9.53 Å². The summed E-state index contributed by atoms with van der Waals surface area (Å²) in [4.78, 5) is 13.9. The maximum Gasteiger partial charge on any atom is 0.237 e. The first kappa shape index (κ1) is 16.4. The fraction of sp³-hybridized carbons (Fsp3) is 0.917. The van der Waals surface area contributed by atoms with Crippen LogP contribution in [0.2, 0.25) is 0 Å². The third-order valence-corrected chi connectivity index (χ3v) is 2.76. The first-order chi connectivity index (χ1) is 8.17. The van der Waals surface area contributed by atoms with E-state index in [0.717, 1.165) is 19.5 Å². The zero-order valence-corrected chi connectivity index (χ0v) is 11.2. The van der Waals surface area contributed by atoms with Gasteiger partial charge < -0.3 is 15.2 Å². The summed E-state index contributed by atoms with van der Waals surface area (Å²) in [5, 5.41) is 11.7. The number of aliphatic hydroxyl groups is 1. The van der Waals surface area contributed by atoms with Crippen LogP contribution in [0.4, 0.5) is 0 Å². The van der Waals surface area contributed by atoms with Gasteiger partial charge in [-0.2, -0.15) is 0 Å². The molecule has 0 fully saturated rings. The molecule has 0 aliphatic carbocycles. The lowest BCUT2D eigenvalue weighted by molar-refractivity contribution is -0.125.